The van der Waals surface area contributed by atoms with Crippen LogP contribution in [0.3, 0.4) is 0 Å². The molecule has 0 unspecified atom stereocenters. The van der Waals surface area contributed by atoms with E-state index in [1.54, 1.807) is 34.9 Å². The molecular formula is C19H14BrClN2O3. The number of hydrogen-bond donors (Lipinski definition) is 1. The van der Waals surface area contributed by atoms with Crippen LogP contribution in [0.1, 0.15) is 17.8 Å². The van der Waals surface area contributed by atoms with E-state index in [0.717, 1.165) is 15.6 Å². The van der Waals surface area contributed by atoms with Crippen LogP contribution in [0.2, 0.25) is 5.02 Å². The molecule has 7 heteroatoms. The number of ether oxygens (including phenoxy) is 1. The number of halogens is 2. The largest absolute Gasteiger partial charge is 0.504 e. The molecule has 0 fully saturated rings. The standard InChI is InChI=1S/C19H14BrClN2O3/c1-26-17-7-11(14(20)9-16(17)24)6-10-4-5-23-18(10)22-15-8-12(21)2-3-13(15)19(23)25/h2-3,6-9,24H,4-5H2,1H3/b10-6-. The van der Waals surface area contributed by atoms with Crippen molar-refractivity contribution in [3.8, 4) is 11.5 Å². The normalized spacial score (nSPS) is 14.8. The van der Waals surface area contributed by atoms with E-state index in [2.05, 4.69) is 20.9 Å². The minimum atomic E-state index is -0.0626. The molecule has 3 aromatic rings. The van der Waals surface area contributed by atoms with Gasteiger partial charge in [-0.05, 0) is 54.0 Å². The van der Waals surface area contributed by atoms with Crippen molar-refractivity contribution in [1.29, 1.82) is 0 Å². The first-order valence-electron chi connectivity index (χ1n) is 7.95. The van der Waals surface area contributed by atoms with Crippen LogP contribution >= 0.6 is 27.5 Å². The number of benzene rings is 2. The van der Waals surface area contributed by atoms with Crippen molar-refractivity contribution in [3.63, 3.8) is 0 Å². The van der Waals surface area contributed by atoms with E-state index in [0.29, 0.717) is 40.5 Å². The minimum absolute atomic E-state index is 0.0586. The molecule has 5 nitrogen and oxygen atoms in total. The first kappa shape index (κ1) is 17.1. The Morgan fingerprint density at radius 2 is 2.15 bits per heavy atom. The summed E-state index contributed by atoms with van der Waals surface area (Å²) in [4.78, 5) is 17.4. The molecule has 132 valence electrons. The van der Waals surface area contributed by atoms with Crippen LogP contribution in [-0.2, 0) is 6.54 Å². The van der Waals surface area contributed by atoms with Gasteiger partial charge in [-0.3, -0.25) is 9.36 Å². The van der Waals surface area contributed by atoms with Gasteiger partial charge in [-0.2, -0.15) is 0 Å². The number of phenols is 1. The number of methoxy groups -OCH3 is 1. The summed E-state index contributed by atoms with van der Waals surface area (Å²) in [5, 5.41) is 11.0. The fourth-order valence-corrected chi connectivity index (χ4v) is 3.76. The number of phenolic OH excluding ortho intramolecular Hbond substituents is 1. The lowest BCUT2D eigenvalue weighted by atomic mass is 10.1. The predicted molar refractivity (Wildman–Crippen MR) is 106 cm³/mol. The molecule has 0 radical (unpaired) electrons. The second kappa shape index (κ2) is 6.45. The predicted octanol–water partition coefficient (Wildman–Crippen LogP) is 4.47. The summed E-state index contributed by atoms with van der Waals surface area (Å²) in [6.07, 6.45) is 2.65. The summed E-state index contributed by atoms with van der Waals surface area (Å²) in [6.45, 7) is 0.582. The maximum atomic E-state index is 12.7. The number of aromatic nitrogens is 2. The summed E-state index contributed by atoms with van der Waals surface area (Å²) >= 11 is 9.50. The molecule has 2 heterocycles. The van der Waals surface area contributed by atoms with E-state index in [1.165, 1.54) is 7.11 Å². The third-order valence-corrected chi connectivity index (χ3v) is 5.36. The van der Waals surface area contributed by atoms with E-state index in [1.807, 2.05) is 6.08 Å². The molecule has 0 aliphatic carbocycles. The van der Waals surface area contributed by atoms with Crippen molar-refractivity contribution in [2.45, 2.75) is 13.0 Å². The van der Waals surface area contributed by atoms with Gasteiger partial charge in [0.15, 0.2) is 11.5 Å². The van der Waals surface area contributed by atoms with Crippen molar-refractivity contribution in [2.75, 3.05) is 7.11 Å². The third kappa shape index (κ3) is 2.79. The zero-order valence-electron chi connectivity index (χ0n) is 13.8. The Labute approximate surface area is 162 Å². The molecule has 0 saturated heterocycles. The molecule has 0 spiro atoms. The van der Waals surface area contributed by atoms with Gasteiger partial charge in [0.25, 0.3) is 5.56 Å². The van der Waals surface area contributed by atoms with Gasteiger partial charge in [0, 0.05) is 16.0 Å². The smallest absolute Gasteiger partial charge is 0.261 e. The highest BCUT2D eigenvalue weighted by Crippen LogP contribution is 2.36. The van der Waals surface area contributed by atoms with Crippen molar-refractivity contribution in [2.24, 2.45) is 0 Å². The van der Waals surface area contributed by atoms with Gasteiger partial charge < -0.3 is 9.84 Å². The maximum absolute atomic E-state index is 12.7. The lowest BCUT2D eigenvalue weighted by Crippen LogP contribution is -2.20. The summed E-state index contributed by atoms with van der Waals surface area (Å²) in [7, 11) is 1.50. The Morgan fingerprint density at radius 3 is 2.92 bits per heavy atom. The summed E-state index contributed by atoms with van der Waals surface area (Å²) < 4.78 is 7.60. The lowest BCUT2D eigenvalue weighted by molar-refractivity contribution is 0.373. The van der Waals surface area contributed by atoms with E-state index in [4.69, 9.17) is 16.3 Å². The maximum Gasteiger partial charge on any atom is 0.261 e. The third-order valence-electron chi connectivity index (χ3n) is 4.44. The highest BCUT2D eigenvalue weighted by atomic mass is 79.9. The highest BCUT2D eigenvalue weighted by molar-refractivity contribution is 9.10. The minimum Gasteiger partial charge on any atom is -0.504 e. The number of hydrogen-bond acceptors (Lipinski definition) is 4. The lowest BCUT2D eigenvalue weighted by Gasteiger charge is -2.08. The van der Waals surface area contributed by atoms with Gasteiger partial charge >= 0.3 is 0 Å². The summed E-state index contributed by atoms with van der Waals surface area (Å²) in [5.41, 5.74) is 2.30. The zero-order chi connectivity index (χ0) is 18.4. The van der Waals surface area contributed by atoms with Crippen LogP contribution in [0.5, 0.6) is 11.5 Å². The fourth-order valence-electron chi connectivity index (χ4n) is 3.15. The summed E-state index contributed by atoms with van der Waals surface area (Å²) in [5.74, 6) is 1.08. The Morgan fingerprint density at radius 1 is 1.35 bits per heavy atom. The zero-order valence-corrected chi connectivity index (χ0v) is 16.1. The molecule has 0 atom stereocenters. The molecule has 0 bridgehead atoms. The van der Waals surface area contributed by atoms with Crippen LogP contribution in [0, 0.1) is 0 Å². The Balaban J connectivity index is 1.89. The molecule has 26 heavy (non-hydrogen) atoms. The van der Waals surface area contributed by atoms with Crippen molar-refractivity contribution in [3.05, 3.63) is 61.6 Å². The Bertz CT molecular complexity index is 1140. The summed E-state index contributed by atoms with van der Waals surface area (Å²) in [6, 6.07) is 8.44. The van der Waals surface area contributed by atoms with Gasteiger partial charge in [0.1, 0.15) is 5.82 Å². The number of aromatic hydroxyl groups is 1. The molecule has 4 rings (SSSR count). The first-order valence-corrected chi connectivity index (χ1v) is 9.12. The quantitative estimate of drug-likeness (QED) is 0.647. The molecular weight excluding hydrogens is 420 g/mol. The fraction of sp³-hybridized carbons (Fsp3) is 0.158. The topological polar surface area (TPSA) is 64.4 Å². The van der Waals surface area contributed by atoms with Gasteiger partial charge in [0.2, 0.25) is 0 Å². The van der Waals surface area contributed by atoms with Crippen molar-refractivity contribution in [1.82, 2.24) is 9.55 Å². The highest BCUT2D eigenvalue weighted by Gasteiger charge is 2.21. The molecule has 1 aromatic heterocycles. The van der Waals surface area contributed by atoms with Crippen LogP contribution in [0.25, 0.3) is 22.6 Å². The molecule has 0 amide bonds. The molecule has 1 aliphatic heterocycles. The second-order valence-corrected chi connectivity index (χ2v) is 7.31. The Hall–Kier alpha value is -2.31. The average molecular weight is 434 g/mol. The van der Waals surface area contributed by atoms with Crippen molar-refractivity contribution >= 4 is 50.1 Å². The molecule has 1 aliphatic rings. The van der Waals surface area contributed by atoms with Crippen molar-refractivity contribution < 1.29 is 9.84 Å². The number of fused-ring (bicyclic) bond motifs is 2. The second-order valence-electron chi connectivity index (χ2n) is 6.02. The van der Waals surface area contributed by atoms with Gasteiger partial charge in [-0.1, -0.05) is 27.5 Å². The Kier molecular flexibility index (Phi) is 4.25. The van der Waals surface area contributed by atoms with E-state index in [9.17, 15) is 9.90 Å². The van der Waals surface area contributed by atoms with Crippen LogP contribution < -0.4 is 10.3 Å². The molecule has 0 saturated carbocycles. The average Bonchev–Trinajstić information content (AvgIpc) is 3.00. The van der Waals surface area contributed by atoms with Gasteiger partial charge in [-0.25, -0.2) is 4.98 Å². The molecule has 1 N–H and O–H groups in total. The number of rotatable bonds is 2. The van der Waals surface area contributed by atoms with Gasteiger partial charge in [-0.15, -0.1) is 0 Å². The van der Waals surface area contributed by atoms with E-state index >= 15 is 0 Å². The van der Waals surface area contributed by atoms with Gasteiger partial charge in [0.05, 0.1) is 18.0 Å². The molecule has 2 aromatic carbocycles. The van der Waals surface area contributed by atoms with Crippen LogP contribution in [-0.4, -0.2) is 21.8 Å². The first-order chi connectivity index (χ1) is 12.5. The SMILES string of the molecule is COc1cc(/C=C2/CCn3c2nc2cc(Cl)ccc2c3=O)c(Br)cc1O. The monoisotopic (exact) mass is 432 g/mol. The van der Waals surface area contributed by atoms with E-state index in [-0.39, 0.29) is 11.3 Å². The number of nitrogens with zero attached hydrogens (tertiary/aromatic N) is 2. The van der Waals surface area contributed by atoms with Crippen LogP contribution in [0.4, 0.5) is 0 Å². The van der Waals surface area contributed by atoms with Crippen LogP contribution in [0.15, 0.2) is 39.6 Å². The number of allylic oxidation sites excluding steroid dienone is 1. The van der Waals surface area contributed by atoms with E-state index < -0.39 is 0 Å².